The van der Waals surface area contributed by atoms with E-state index in [0.29, 0.717) is 12.8 Å². The van der Waals surface area contributed by atoms with E-state index in [1.807, 2.05) is 0 Å². The zero-order valence-electron chi connectivity index (χ0n) is 41.3. The highest BCUT2D eigenvalue weighted by atomic mass is 32.2. The minimum atomic E-state index is -4.61. The van der Waals surface area contributed by atoms with Crippen LogP contribution in [0, 0.1) is 0 Å². The van der Waals surface area contributed by atoms with E-state index in [9.17, 15) is 37.9 Å². The van der Waals surface area contributed by atoms with Gasteiger partial charge in [0.15, 0.2) is 12.4 Å². The molecule has 1 aliphatic heterocycles. The summed E-state index contributed by atoms with van der Waals surface area (Å²) in [5, 5.41) is 31.0. The number of rotatable bonds is 44. The summed E-state index contributed by atoms with van der Waals surface area (Å²) in [6.45, 7) is 3.64. The zero-order chi connectivity index (χ0) is 48.4. The van der Waals surface area contributed by atoms with Gasteiger partial charge in [0.05, 0.1) is 6.61 Å². The lowest BCUT2D eigenvalue weighted by molar-refractivity contribution is -0.297. The molecule has 0 aromatic rings. The lowest BCUT2D eigenvalue weighted by Crippen LogP contribution is -2.60. The fraction of sp³-hybridized carbons (Fsp3) is 0.811. The molecular formula is C53H94O12S. The molecule has 0 amide bonds. The number of unbranched alkanes of at least 4 members (excludes halogenated alkanes) is 24. The van der Waals surface area contributed by atoms with E-state index in [2.05, 4.69) is 62.5 Å². The number of esters is 2. The highest BCUT2D eigenvalue weighted by molar-refractivity contribution is 7.85. The Balaban J connectivity index is 2.35. The van der Waals surface area contributed by atoms with Crippen molar-refractivity contribution in [3.63, 3.8) is 0 Å². The summed E-state index contributed by atoms with van der Waals surface area (Å²) in [5.41, 5.74) is 0. The molecule has 0 bridgehead atoms. The van der Waals surface area contributed by atoms with Crippen LogP contribution in [0.2, 0.25) is 0 Å². The predicted octanol–water partition coefficient (Wildman–Crippen LogP) is 11.9. The highest BCUT2D eigenvalue weighted by Crippen LogP contribution is 2.24. The third kappa shape index (κ3) is 36.6. The number of hydrogen-bond donors (Lipinski definition) is 4. The molecule has 1 fully saturated rings. The van der Waals surface area contributed by atoms with Crippen LogP contribution >= 0.6 is 0 Å². The van der Waals surface area contributed by atoms with Crippen molar-refractivity contribution in [3.05, 3.63) is 48.6 Å². The van der Waals surface area contributed by atoms with Crippen molar-refractivity contribution < 1.29 is 56.8 Å². The minimum Gasteiger partial charge on any atom is -0.462 e. The van der Waals surface area contributed by atoms with Gasteiger partial charge in [0.1, 0.15) is 36.8 Å². The molecule has 66 heavy (non-hydrogen) atoms. The Morgan fingerprint density at radius 3 is 1.48 bits per heavy atom. The lowest BCUT2D eigenvalue weighted by Gasteiger charge is -2.40. The van der Waals surface area contributed by atoms with Crippen LogP contribution in [0.15, 0.2) is 48.6 Å². The summed E-state index contributed by atoms with van der Waals surface area (Å²) in [5.74, 6) is -2.04. The molecule has 6 atom stereocenters. The molecule has 1 aliphatic rings. The molecular weight excluding hydrogens is 861 g/mol. The molecule has 12 nitrogen and oxygen atoms in total. The van der Waals surface area contributed by atoms with Crippen LogP contribution < -0.4 is 0 Å². The molecule has 0 saturated carbocycles. The smallest absolute Gasteiger partial charge is 0.306 e. The average Bonchev–Trinajstić information content (AvgIpc) is 3.28. The molecule has 384 valence electrons. The fourth-order valence-electron chi connectivity index (χ4n) is 7.87. The molecule has 0 aromatic carbocycles. The van der Waals surface area contributed by atoms with E-state index >= 15 is 0 Å². The number of carbonyl (C=O) groups excluding carboxylic acids is 2. The van der Waals surface area contributed by atoms with Gasteiger partial charge in [-0.15, -0.1) is 0 Å². The summed E-state index contributed by atoms with van der Waals surface area (Å²) < 4.78 is 54.2. The number of ether oxygens (including phenoxy) is 4. The van der Waals surface area contributed by atoms with Crippen molar-refractivity contribution in [1.82, 2.24) is 0 Å². The van der Waals surface area contributed by atoms with E-state index in [1.54, 1.807) is 0 Å². The first-order valence-corrected chi connectivity index (χ1v) is 27.8. The average molecular weight is 955 g/mol. The molecule has 0 aromatic heterocycles. The molecule has 0 aliphatic carbocycles. The van der Waals surface area contributed by atoms with E-state index in [-0.39, 0.29) is 19.4 Å². The summed E-state index contributed by atoms with van der Waals surface area (Å²) in [4.78, 5) is 25.5. The maximum atomic E-state index is 12.8. The summed E-state index contributed by atoms with van der Waals surface area (Å²) in [7, 11) is -4.61. The summed E-state index contributed by atoms with van der Waals surface area (Å²) in [6, 6.07) is 0. The first-order valence-electron chi connectivity index (χ1n) is 26.2. The monoisotopic (exact) mass is 955 g/mol. The molecule has 1 heterocycles. The molecule has 13 heteroatoms. The number of carbonyl (C=O) groups is 2. The molecule has 1 saturated heterocycles. The molecule has 1 rings (SSSR count). The van der Waals surface area contributed by atoms with Crippen molar-refractivity contribution in [2.45, 2.75) is 256 Å². The van der Waals surface area contributed by atoms with Gasteiger partial charge in [-0.3, -0.25) is 14.1 Å². The van der Waals surface area contributed by atoms with Crippen LogP contribution in [0.3, 0.4) is 0 Å². The third-order valence-electron chi connectivity index (χ3n) is 11.9. The van der Waals surface area contributed by atoms with Gasteiger partial charge in [-0.25, -0.2) is 0 Å². The molecule has 0 radical (unpaired) electrons. The Morgan fingerprint density at radius 1 is 0.530 bits per heavy atom. The first kappa shape index (κ1) is 61.6. The van der Waals surface area contributed by atoms with Gasteiger partial charge >= 0.3 is 11.9 Å². The van der Waals surface area contributed by atoms with Gasteiger partial charge < -0.3 is 34.3 Å². The Kier molecular flexibility index (Phi) is 39.9. The van der Waals surface area contributed by atoms with Crippen molar-refractivity contribution >= 4 is 22.1 Å². The van der Waals surface area contributed by atoms with E-state index in [0.717, 1.165) is 70.6 Å². The van der Waals surface area contributed by atoms with Crippen molar-refractivity contribution in [2.75, 3.05) is 19.0 Å². The SMILES string of the molecule is CC/C=C/C/C=C/C/C=C/CCCCCCCC(=O)O[C@H](COC(=O)CCC/C=C/CCCCCCCCCCCCCCCCCCCC)CO[C@H]1O[C@H](CS(=O)(=O)O)[C@@H](O)C(O)C1O. The van der Waals surface area contributed by atoms with Crippen LogP contribution in [0.4, 0.5) is 0 Å². The van der Waals surface area contributed by atoms with Gasteiger partial charge in [-0.05, 0) is 64.2 Å². The van der Waals surface area contributed by atoms with Crippen molar-refractivity contribution in [1.29, 1.82) is 0 Å². The van der Waals surface area contributed by atoms with E-state index < -0.39 is 71.2 Å². The van der Waals surface area contributed by atoms with Crippen molar-refractivity contribution in [3.8, 4) is 0 Å². The van der Waals surface area contributed by atoms with Crippen LogP contribution in [0.5, 0.6) is 0 Å². The van der Waals surface area contributed by atoms with Gasteiger partial charge in [0, 0.05) is 12.8 Å². The third-order valence-corrected chi connectivity index (χ3v) is 12.6. The van der Waals surface area contributed by atoms with E-state index in [1.165, 1.54) is 109 Å². The Morgan fingerprint density at radius 2 is 0.970 bits per heavy atom. The maximum absolute atomic E-state index is 12.8. The predicted molar refractivity (Wildman–Crippen MR) is 266 cm³/mol. The standard InChI is InChI=1S/C53H94O12S/c1-3-5-7-9-11-13-15-17-19-20-21-22-23-24-25-26-28-29-31-33-35-37-39-41-48(54)62-43-46(44-63-53-52(58)51(57)50(56)47(65-53)45-66(59,60)61)64-49(55)42-40-38-36-34-32-30-27-18-16-14-12-10-8-6-4-2/h6,8,12,14,18,27,33,35,46-47,50-53,56-58H,3-5,7,9-11,13,15-17,19-26,28-32,34,36-45H2,1-2H3,(H,59,60,61)/b8-6+,14-12+,27-18+,35-33+/t46-,47-,50-,51?,52?,53+/m1/s1. The maximum Gasteiger partial charge on any atom is 0.306 e. The molecule has 0 spiro atoms. The summed E-state index contributed by atoms with van der Waals surface area (Å²) in [6.07, 6.45) is 43.1. The Bertz CT molecular complexity index is 1400. The normalized spacial score (nSPS) is 19.8. The number of aliphatic hydroxyl groups is 3. The first-order chi connectivity index (χ1) is 32.0. The van der Waals surface area contributed by atoms with Crippen molar-refractivity contribution in [2.24, 2.45) is 0 Å². The highest BCUT2D eigenvalue weighted by Gasteiger charge is 2.46. The second-order valence-electron chi connectivity index (χ2n) is 18.2. The topological polar surface area (TPSA) is 186 Å². The van der Waals surface area contributed by atoms with Crippen LogP contribution in [-0.2, 0) is 38.7 Å². The van der Waals surface area contributed by atoms with Gasteiger partial charge in [-0.1, -0.05) is 191 Å². The van der Waals surface area contributed by atoms with Crippen LogP contribution in [-0.4, -0.2) is 96.0 Å². The molecule has 4 N–H and O–H groups in total. The van der Waals surface area contributed by atoms with Gasteiger partial charge in [-0.2, -0.15) is 8.42 Å². The summed E-state index contributed by atoms with van der Waals surface area (Å²) >= 11 is 0. The second-order valence-corrected chi connectivity index (χ2v) is 19.7. The zero-order valence-corrected chi connectivity index (χ0v) is 42.1. The minimum absolute atomic E-state index is 0.139. The fourth-order valence-corrected chi connectivity index (χ4v) is 8.56. The van der Waals surface area contributed by atoms with Crippen LogP contribution in [0.1, 0.15) is 219 Å². The second kappa shape index (κ2) is 42.7. The van der Waals surface area contributed by atoms with Gasteiger partial charge in [0.2, 0.25) is 0 Å². The van der Waals surface area contributed by atoms with Gasteiger partial charge in [0.25, 0.3) is 10.1 Å². The Labute approximate surface area is 401 Å². The molecule has 2 unspecified atom stereocenters. The quantitative estimate of drug-likeness (QED) is 0.0196. The number of hydrogen-bond acceptors (Lipinski definition) is 11. The number of aliphatic hydroxyl groups excluding tert-OH is 3. The largest absolute Gasteiger partial charge is 0.462 e. The van der Waals surface area contributed by atoms with E-state index in [4.69, 9.17) is 18.9 Å². The van der Waals surface area contributed by atoms with Crippen LogP contribution in [0.25, 0.3) is 0 Å². The lowest BCUT2D eigenvalue weighted by atomic mass is 10.00. The number of allylic oxidation sites excluding steroid dienone is 8. The Hall–Kier alpha value is -2.39.